The van der Waals surface area contributed by atoms with Crippen molar-refractivity contribution < 1.29 is 19.0 Å². The van der Waals surface area contributed by atoms with Crippen molar-refractivity contribution in [1.82, 2.24) is 0 Å². The van der Waals surface area contributed by atoms with Gasteiger partial charge in [0.25, 0.3) is 0 Å². The lowest BCUT2D eigenvalue weighted by atomic mass is 10.1. The van der Waals surface area contributed by atoms with Crippen LogP contribution in [0.2, 0.25) is 0 Å². The fraction of sp³-hybridized carbons (Fsp3) is 0.0952. The number of anilines is 1. The van der Waals surface area contributed by atoms with Crippen molar-refractivity contribution in [2.45, 2.75) is 6.61 Å². The molecule has 2 N–H and O–H groups in total. The topological polar surface area (TPSA) is 70.8 Å². The van der Waals surface area contributed by atoms with Crippen molar-refractivity contribution in [2.24, 2.45) is 0 Å². The molecular weight excluding hydrogens is 330 g/mol. The van der Waals surface area contributed by atoms with Crippen LogP contribution < -0.4 is 15.2 Å². The van der Waals surface area contributed by atoms with Crippen molar-refractivity contribution in [3.05, 3.63) is 83.9 Å². The number of nitrogen functional groups attached to an aromatic ring is 1. The van der Waals surface area contributed by atoms with Gasteiger partial charge in [0.15, 0.2) is 11.5 Å². The Bertz CT molecular complexity index is 879. The zero-order valence-electron chi connectivity index (χ0n) is 14.3. The van der Waals surface area contributed by atoms with Crippen LogP contribution in [0.5, 0.6) is 17.2 Å². The van der Waals surface area contributed by atoms with Crippen LogP contribution in [0.15, 0.2) is 72.8 Å². The number of esters is 1. The molecule has 0 saturated carbocycles. The lowest BCUT2D eigenvalue weighted by Crippen LogP contribution is -2.09. The third-order valence-corrected chi connectivity index (χ3v) is 3.74. The Labute approximate surface area is 151 Å². The summed E-state index contributed by atoms with van der Waals surface area (Å²) in [5.41, 5.74) is 7.42. The third-order valence-electron chi connectivity index (χ3n) is 3.74. The zero-order valence-corrected chi connectivity index (χ0v) is 14.3. The van der Waals surface area contributed by atoms with Gasteiger partial charge in [0.1, 0.15) is 12.4 Å². The molecule has 0 saturated heterocycles. The van der Waals surface area contributed by atoms with E-state index in [0.29, 0.717) is 17.2 Å². The fourth-order valence-electron chi connectivity index (χ4n) is 2.41. The van der Waals surface area contributed by atoms with E-state index < -0.39 is 5.97 Å². The van der Waals surface area contributed by atoms with Crippen LogP contribution in [0.1, 0.15) is 15.9 Å². The molecule has 5 nitrogen and oxygen atoms in total. The van der Waals surface area contributed by atoms with Crippen molar-refractivity contribution in [2.75, 3.05) is 12.8 Å². The smallest absolute Gasteiger partial charge is 0.340 e. The molecule has 3 rings (SSSR count). The molecule has 5 heteroatoms. The number of hydrogen-bond donors (Lipinski definition) is 1. The number of carbonyl (C=O) groups excluding carboxylic acids is 1. The number of ether oxygens (including phenoxy) is 3. The molecule has 0 bridgehead atoms. The van der Waals surface area contributed by atoms with Gasteiger partial charge in [-0.1, -0.05) is 48.5 Å². The molecule has 132 valence electrons. The predicted octanol–water partition coefficient (Wildman–Crippen LogP) is 4.43. The van der Waals surface area contributed by atoms with E-state index in [1.165, 1.54) is 13.2 Å². The number of para-hydroxylation sites is 1. The first-order chi connectivity index (χ1) is 12.7. The van der Waals surface area contributed by atoms with Gasteiger partial charge in [0.2, 0.25) is 0 Å². The minimum Gasteiger partial charge on any atom is -0.493 e. The van der Waals surface area contributed by atoms with Gasteiger partial charge in [-0.15, -0.1) is 0 Å². The van der Waals surface area contributed by atoms with Crippen LogP contribution >= 0.6 is 0 Å². The zero-order chi connectivity index (χ0) is 18.4. The van der Waals surface area contributed by atoms with Gasteiger partial charge in [0, 0.05) is 12.1 Å². The normalized spacial score (nSPS) is 10.2. The van der Waals surface area contributed by atoms with Crippen LogP contribution in [0.4, 0.5) is 5.69 Å². The van der Waals surface area contributed by atoms with Crippen molar-refractivity contribution in [1.29, 1.82) is 0 Å². The molecular formula is C21H19NO4. The second kappa shape index (κ2) is 8.07. The predicted molar refractivity (Wildman–Crippen MR) is 99.5 cm³/mol. The van der Waals surface area contributed by atoms with Crippen LogP contribution in [0.25, 0.3) is 0 Å². The maximum Gasteiger partial charge on any atom is 0.340 e. The average molecular weight is 349 g/mol. The van der Waals surface area contributed by atoms with Crippen LogP contribution in [-0.2, 0) is 11.3 Å². The molecule has 0 aliphatic heterocycles. The number of methoxy groups -OCH3 is 1. The molecule has 0 aliphatic carbocycles. The average Bonchev–Trinajstić information content (AvgIpc) is 2.68. The largest absolute Gasteiger partial charge is 0.493 e. The first kappa shape index (κ1) is 17.4. The quantitative estimate of drug-likeness (QED) is 0.527. The summed E-state index contributed by atoms with van der Waals surface area (Å²) in [7, 11) is 1.50. The molecule has 0 amide bonds. The number of nitrogens with two attached hydrogens (primary N) is 1. The maximum atomic E-state index is 12.4. The van der Waals surface area contributed by atoms with Gasteiger partial charge in [-0.05, 0) is 17.7 Å². The summed E-state index contributed by atoms with van der Waals surface area (Å²) in [6.45, 7) is 0.170. The highest BCUT2D eigenvalue weighted by atomic mass is 16.5. The van der Waals surface area contributed by atoms with E-state index >= 15 is 0 Å². The van der Waals surface area contributed by atoms with E-state index in [4.69, 9.17) is 19.9 Å². The molecule has 0 aromatic heterocycles. The van der Waals surface area contributed by atoms with E-state index in [-0.39, 0.29) is 17.9 Å². The van der Waals surface area contributed by atoms with Crippen LogP contribution in [-0.4, -0.2) is 13.1 Å². The summed E-state index contributed by atoms with van der Waals surface area (Å²) in [6.07, 6.45) is 0. The highest BCUT2D eigenvalue weighted by Crippen LogP contribution is 2.35. The Balaban J connectivity index is 1.78. The summed E-state index contributed by atoms with van der Waals surface area (Å²) in [5.74, 6) is 0.950. The Morgan fingerprint density at radius 2 is 1.58 bits per heavy atom. The molecule has 0 radical (unpaired) electrons. The molecule has 3 aromatic rings. The maximum absolute atomic E-state index is 12.4. The number of rotatable bonds is 6. The molecule has 0 fully saturated rings. The summed E-state index contributed by atoms with van der Waals surface area (Å²) < 4.78 is 16.5. The van der Waals surface area contributed by atoms with E-state index in [9.17, 15) is 4.79 Å². The van der Waals surface area contributed by atoms with Gasteiger partial charge in [-0.3, -0.25) is 0 Å². The molecule has 26 heavy (non-hydrogen) atoms. The molecule has 0 heterocycles. The Morgan fingerprint density at radius 3 is 2.23 bits per heavy atom. The minimum atomic E-state index is -0.518. The summed E-state index contributed by atoms with van der Waals surface area (Å²) in [4.78, 5) is 12.4. The van der Waals surface area contributed by atoms with E-state index in [0.717, 1.165) is 5.56 Å². The van der Waals surface area contributed by atoms with E-state index in [1.54, 1.807) is 6.07 Å². The molecule has 0 atom stereocenters. The number of benzene rings is 3. The second-order valence-electron chi connectivity index (χ2n) is 5.57. The first-order valence-electron chi connectivity index (χ1n) is 8.09. The van der Waals surface area contributed by atoms with E-state index in [2.05, 4.69) is 0 Å². The lowest BCUT2D eigenvalue weighted by molar-refractivity contribution is 0.0473. The Kier molecular flexibility index (Phi) is 5.39. The SMILES string of the molecule is COc1cc(C(=O)OCc2ccccc2)c(N)cc1Oc1ccccc1. The lowest BCUT2D eigenvalue weighted by Gasteiger charge is -2.14. The molecule has 0 spiro atoms. The van der Waals surface area contributed by atoms with Crippen LogP contribution in [0.3, 0.4) is 0 Å². The van der Waals surface area contributed by atoms with Crippen LogP contribution in [0, 0.1) is 0 Å². The van der Waals surface area contributed by atoms with Gasteiger partial charge in [0.05, 0.1) is 18.4 Å². The first-order valence-corrected chi connectivity index (χ1v) is 8.09. The fourth-order valence-corrected chi connectivity index (χ4v) is 2.41. The van der Waals surface area contributed by atoms with Crippen molar-refractivity contribution >= 4 is 11.7 Å². The Hall–Kier alpha value is -3.47. The summed E-state index contributed by atoms with van der Waals surface area (Å²) in [5, 5.41) is 0. The highest BCUT2D eigenvalue weighted by molar-refractivity contribution is 5.96. The van der Waals surface area contributed by atoms with Gasteiger partial charge >= 0.3 is 5.97 Å². The highest BCUT2D eigenvalue weighted by Gasteiger charge is 2.17. The molecule has 3 aromatic carbocycles. The van der Waals surface area contributed by atoms with Gasteiger partial charge < -0.3 is 19.9 Å². The second-order valence-corrected chi connectivity index (χ2v) is 5.57. The molecule has 0 aliphatic rings. The minimum absolute atomic E-state index is 0.170. The Morgan fingerprint density at radius 1 is 0.923 bits per heavy atom. The number of carbonyl (C=O) groups is 1. The summed E-state index contributed by atoms with van der Waals surface area (Å²) >= 11 is 0. The monoisotopic (exact) mass is 349 g/mol. The van der Waals surface area contributed by atoms with Gasteiger partial charge in [-0.25, -0.2) is 4.79 Å². The van der Waals surface area contributed by atoms with Crippen molar-refractivity contribution in [3.63, 3.8) is 0 Å². The standard InChI is InChI=1S/C21H19NO4/c1-24-19-12-17(21(23)25-14-15-8-4-2-5-9-15)18(22)13-20(19)26-16-10-6-3-7-11-16/h2-13H,14,22H2,1H3. The third kappa shape index (κ3) is 4.13. The summed E-state index contributed by atoms with van der Waals surface area (Å²) in [6, 6.07) is 21.8. The van der Waals surface area contributed by atoms with Crippen molar-refractivity contribution in [3.8, 4) is 17.2 Å². The van der Waals surface area contributed by atoms with Gasteiger partial charge in [-0.2, -0.15) is 0 Å². The number of hydrogen-bond acceptors (Lipinski definition) is 5. The molecule has 0 unspecified atom stereocenters. The van der Waals surface area contributed by atoms with E-state index in [1.807, 2.05) is 60.7 Å².